The van der Waals surface area contributed by atoms with E-state index >= 15 is 0 Å². The van der Waals surface area contributed by atoms with Crippen molar-refractivity contribution < 1.29 is 36.2 Å². The number of amides is 1. The number of likely N-dealkylation sites (N-methyl/N-ethyl adjacent to an activating group) is 1. The molecule has 4 rings (SSSR count). The molecule has 1 fully saturated rings. The summed E-state index contributed by atoms with van der Waals surface area (Å²) in [6.45, 7) is 0.736. The Labute approximate surface area is 224 Å². The lowest BCUT2D eigenvalue weighted by molar-refractivity contribution is -0.137. The third kappa shape index (κ3) is 7.16. The van der Waals surface area contributed by atoms with E-state index in [1.54, 1.807) is 18.2 Å². The Morgan fingerprint density at radius 2 is 2.03 bits per heavy atom. The van der Waals surface area contributed by atoms with Crippen molar-refractivity contribution in [3.63, 3.8) is 0 Å². The number of carbonyl (C=O) groups excluding carboxylic acids is 1. The zero-order valence-electron chi connectivity index (χ0n) is 21.4. The number of rotatable bonds is 9. The van der Waals surface area contributed by atoms with Gasteiger partial charge in [0.2, 0.25) is 10.0 Å². The van der Waals surface area contributed by atoms with Crippen LogP contribution in [0.1, 0.15) is 23.6 Å². The number of aliphatic hydroxyl groups is 1. The summed E-state index contributed by atoms with van der Waals surface area (Å²) in [4.78, 5) is 20.7. The number of halogens is 3. The number of carbonyl (C=O) groups is 1. The Morgan fingerprint density at radius 3 is 2.69 bits per heavy atom. The monoisotopic (exact) mass is 566 g/mol. The van der Waals surface area contributed by atoms with Gasteiger partial charge < -0.3 is 14.7 Å². The maximum absolute atomic E-state index is 13.4. The third-order valence-electron chi connectivity index (χ3n) is 6.51. The van der Waals surface area contributed by atoms with Crippen LogP contribution in [0.25, 0.3) is 10.9 Å². The van der Waals surface area contributed by atoms with Crippen molar-refractivity contribution in [2.75, 3.05) is 44.3 Å². The van der Waals surface area contributed by atoms with Crippen LogP contribution in [0.2, 0.25) is 0 Å². The zero-order valence-corrected chi connectivity index (χ0v) is 22.2. The molecule has 0 saturated carbocycles. The lowest BCUT2D eigenvalue weighted by Gasteiger charge is -2.32. The number of hydrogen-bond acceptors (Lipinski definition) is 7. The zero-order chi connectivity index (χ0) is 28.4. The van der Waals surface area contributed by atoms with Gasteiger partial charge in [-0.3, -0.25) is 19.4 Å². The predicted octanol–water partition coefficient (Wildman–Crippen LogP) is 3.27. The molecule has 2 N–H and O–H groups in total. The number of ether oxygens (including phenoxy) is 1. The van der Waals surface area contributed by atoms with Gasteiger partial charge in [-0.2, -0.15) is 13.2 Å². The Bertz CT molecular complexity index is 1450. The van der Waals surface area contributed by atoms with Crippen LogP contribution in [0.5, 0.6) is 5.75 Å². The molecule has 0 aliphatic carbocycles. The van der Waals surface area contributed by atoms with Crippen LogP contribution >= 0.6 is 0 Å². The fraction of sp³-hybridized carbons (Fsp3) is 0.385. The summed E-state index contributed by atoms with van der Waals surface area (Å²) in [5, 5.41) is 10.4. The molecular formula is C26H29F3N4O5S. The lowest BCUT2D eigenvalue weighted by Crippen LogP contribution is -2.41. The van der Waals surface area contributed by atoms with E-state index in [2.05, 4.69) is 9.71 Å². The normalized spacial score (nSPS) is 17.2. The summed E-state index contributed by atoms with van der Waals surface area (Å²) in [6, 6.07) is 10.4. The number of anilines is 1. The molecule has 2 heterocycles. The Morgan fingerprint density at radius 1 is 1.26 bits per heavy atom. The third-order valence-corrected chi connectivity index (χ3v) is 7.11. The summed E-state index contributed by atoms with van der Waals surface area (Å²) in [7, 11) is -2.06. The number of benzene rings is 2. The van der Waals surface area contributed by atoms with Gasteiger partial charge in [-0.15, -0.1) is 0 Å². The number of likely N-dealkylation sites (tertiary alicyclic amines) is 1. The molecule has 1 amide bonds. The van der Waals surface area contributed by atoms with E-state index in [0.29, 0.717) is 36.0 Å². The number of alkyl halides is 3. The van der Waals surface area contributed by atoms with E-state index in [-0.39, 0.29) is 18.0 Å². The molecule has 1 saturated heterocycles. The van der Waals surface area contributed by atoms with Gasteiger partial charge >= 0.3 is 6.18 Å². The number of hydrogen-bond donors (Lipinski definition) is 2. The number of nitrogens with one attached hydrogen (secondary N) is 1. The molecule has 1 aliphatic rings. The molecule has 2 aromatic carbocycles. The SMILES string of the molecule is CN(C(=O)COc1ccc(NS(C)(=O)=O)c2ncccc12)[C@H](CN1CC[C@H](O)C1)c1cccc(C(F)(F)F)c1. The first-order chi connectivity index (χ1) is 18.3. The molecule has 210 valence electrons. The standard InChI is InChI=1S/C26H29F3N4O5S/c1-32(22(15-33-12-10-19(34)14-33)17-5-3-6-18(13-17)26(27,28)29)24(35)16-38-23-9-8-21(31-39(2,36)37)25-20(23)7-4-11-30-25/h3-9,11,13,19,22,31,34H,10,12,14-16H2,1-2H3/t19-,22+/m0/s1. The minimum absolute atomic E-state index is 0.235. The summed E-state index contributed by atoms with van der Waals surface area (Å²) in [5.74, 6) is -0.190. The highest BCUT2D eigenvalue weighted by molar-refractivity contribution is 7.92. The first-order valence-electron chi connectivity index (χ1n) is 12.1. The molecule has 3 aromatic rings. The summed E-state index contributed by atoms with van der Waals surface area (Å²) in [5.41, 5.74) is 0.0789. The number of aromatic nitrogens is 1. The molecule has 2 atom stereocenters. The van der Waals surface area contributed by atoms with Crippen LogP contribution in [0.3, 0.4) is 0 Å². The van der Waals surface area contributed by atoms with E-state index in [9.17, 15) is 31.5 Å². The van der Waals surface area contributed by atoms with E-state index < -0.39 is 46.4 Å². The van der Waals surface area contributed by atoms with Gasteiger partial charge in [0.15, 0.2) is 6.61 Å². The van der Waals surface area contributed by atoms with Crippen molar-refractivity contribution in [2.24, 2.45) is 0 Å². The minimum atomic E-state index is -4.54. The van der Waals surface area contributed by atoms with Crippen molar-refractivity contribution in [2.45, 2.75) is 24.7 Å². The molecule has 0 radical (unpaired) electrons. The van der Waals surface area contributed by atoms with Crippen LogP contribution in [0.15, 0.2) is 54.7 Å². The molecule has 0 spiro atoms. The van der Waals surface area contributed by atoms with Crippen LogP contribution in [-0.4, -0.2) is 79.9 Å². The molecule has 1 aliphatic heterocycles. The molecule has 13 heteroatoms. The lowest BCUT2D eigenvalue weighted by atomic mass is 10.0. The van der Waals surface area contributed by atoms with Crippen LogP contribution < -0.4 is 9.46 Å². The fourth-order valence-electron chi connectivity index (χ4n) is 4.57. The van der Waals surface area contributed by atoms with Crippen LogP contribution in [-0.2, 0) is 21.0 Å². The van der Waals surface area contributed by atoms with Gasteiger partial charge in [-0.05, 0) is 48.4 Å². The number of nitrogens with zero attached hydrogens (tertiary/aromatic N) is 3. The van der Waals surface area contributed by atoms with Gasteiger partial charge in [-0.1, -0.05) is 12.1 Å². The van der Waals surface area contributed by atoms with Gasteiger partial charge in [0, 0.05) is 38.3 Å². The summed E-state index contributed by atoms with van der Waals surface area (Å²) >= 11 is 0. The second-order valence-electron chi connectivity index (χ2n) is 9.52. The molecule has 1 aromatic heterocycles. The number of fused-ring (bicyclic) bond motifs is 1. The number of β-amino-alcohol motifs (C(OH)–C–C–N with tert-alkyl or cyclic N) is 1. The molecule has 9 nitrogen and oxygen atoms in total. The molecule has 0 unspecified atom stereocenters. The minimum Gasteiger partial charge on any atom is -0.483 e. The highest BCUT2D eigenvalue weighted by Gasteiger charge is 2.33. The summed E-state index contributed by atoms with van der Waals surface area (Å²) < 4.78 is 71.9. The Balaban J connectivity index is 1.56. The van der Waals surface area contributed by atoms with E-state index in [0.717, 1.165) is 18.4 Å². The maximum atomic E-state index is 13.4. The molecule has 39 heavy (non-hydrogen) atoms. The fourth-order valence-corrected chi connectivity index (χ4v) is 5.13. The first kappa shape index (κ1) is 28.6. The number of aliphatic hydroxyl groups excluding tert-OH is 1. The first-order valence-corrected chi connectivity index (χ1v) is 14.0. The largest absolute Gasteiger partial charge is 0.483 e. The topological polar surface area (TPSA) is 112 Å². The maximum Gasteiger partial charge on any atom is 0.416 e. The van der Waals surface area contributed by atoms with Crippen molar-refractivity contribution in [1.29, 1.82) is 0 Å². The second-order valence-corrected chi connectivity index (χ2v) is 11.3. The van der Waals surface area contributed by atoms with E-state index in [1.165, 1.54) is 36.3 Å². The van der Waals surface area contributed by atoms with Crippen molar-refractivity contribution >= 4 is 32.5 Å². The van der Waals surface area contributed by atoms with E-state index in [4.69, 9.17) is 4.74 Å². The van der Waals surface area contributed by atoms with Crippen molar-refractivity contribution in [3.8, 4) is 5.75 Å². The summed E-state index contributed by atoms with van der Waals surface area (Å²) in [6.07, 6.45) is -2.01. The van der Waals surface area contributed by atoms with Gasteiger partial charge in [-0.25, -0.2) is 8.42 Å². The van der Waals surface area contributed by atoms with Gasteiger partial charge in [0.25, 0.3) is 5.91 Å². The van der Waals surface area contributed by atoms with Gasteiger partial charge in [0.1, 0.15) is 5.75 Å². The van der Waals surface area contributed by atoms with Crippen LogP contribution in [0, 0.1) is 0 Å². The molecular weight excluding hydrogens is 537 g/mol. The van der Waals surface area contributed by atoms with Gasteiger partial charge in [0.05, 0.1) is 35.2 Å². The number of sulfonamides is 1. The van der Waals surface area contributed by atoms with Crippen LogP contribution in [0.4, 0.5) is 18.9 Å². The Kier molecular flexibility index (Phi) is 8.33. The van der Waals surface area contributed by atoms with Crippen molar-refractivity contribution in [1.82, 2.24) is 14.8 Å². The second kappa shape index (κ2) is 11.4. The number of pyridine rings is 1. The quantitative estimate of drug-likeness (QED) is 0.409. The molecule has 0 bridgehead atoms. The highest BCUT2D eigenvalue weighted by Crippen LogP contribution is 2.33. The predicted molar refractivity (Wildman–Crippen MR) is 140 cm³/mol. The Hall–Kier alpha value is -3.42. The van der Waals surface area contributed by atoms with Crippen molar-refractivity contribution in [3.05, 3.63) is 65.9 Å². The smallest absolute Gasteiger partial charge is 0.416 e. The van der Waals surface area contributed by atoms with E-state index in [1.807, 2.05) is 4.90 Å². The average molecular weight is 567 g/mol. The highest BCUT2D eigenvalue weighted by atomic mass is 32.2. The average Bonchev–Trinajstić information content (AvgIpc) is 3.29.